The van der Waals surface area contributed by atoms with E-state index in [1.807, 2.05) is 0 Å². The molecule has 1 atom stereocenters. The Morgan fingerprint density at radius 1 is 1.29 bits per heavy atom. The third-order valence-electron chi connectivity index (χ3n) is 5.08. The van der Waals surface area contributed by atoms with Gasteiger partial charge in [0.25, 0.3) is 0 Å². The Labute approximate surface area is 131 Å². The molecule has 0 spiro atoms. The molecular formula is C20H33N. The van der Waals surface area contributed by atoms with E-state index in [4.69, 9.17) is 0 Å². The van der Waals surface area contributed by atoms with Crippen LogP contribution in [0.4, 0.5) is 0 Å². The molecule has 1 unspecified atom stereocenters. The van der Waals surface area contributed by atoms with Crippen LogP contribution in [0.15, 0.2) is 35.6 Å². The monoisotopic (exact) mass is 287 g/mol. The molecule has 118 valence electrons. The van der Waals surface area contributed by atoms with E-state index in [0.29, 0.717) is 0 Å². The highest BCUT2D eigenvalue weighted by molar-refractivity contribution is 5.16. The van der Waals surface area contributed by atoms with Gasteiger partial charge >= 0.3 is 0 Å². The SMILES string of the molecule is C=C(C1CC1)N(C/C=C(\C)C1CC=C(C)CC1)C(C)(C)C. The van der Waals surface area contributed by atoms with Crippen molar-refractivity contribution in [2.24, 2.45) is 11.8 Å². The molecule has 21 heavy (non-hydrogen) atoms. The fraction of sp³-hybridized carbons (Fsp3) is 0.700. The van der Waals surface area contributed by atoms with Crippen LogP contribution in [0.1, 0.15) is 66.7 Å². The van der Waals surface area contributed by atoms with Gasteiger partial charge in [-0.15, -0.1) is 0 Å². The van der Waals surface area contributed by atoms with Crippen molar-refractivity contribution in [2.75, 3.05) is 6.54 Å². The zero-order valence-corrected chi connectivity index (χ0v) is 14.7. The van der Waals surface area contributed by atoms with Crippen molar-refractivity contribution in [2.45, 2.75) is 72.3 Å². The fourth-order valence-corrected chi connectivity index (χ4v) is 3.24. The number of hydrogen-bond donors (Lipinski definition) is 0. The first-order chi connectivity index (χ1) is 9.79. The number of nitrogens with zero attached hydrogens (tertiary/aromatic N) is 1. The van der Waals surface area contributed by atoms with Gasteiger partial charge in [0.2, 0.25) is 0 Å². The first-order valence-electron chi connectivity index (χ1n) is 8.57. The summed E-state index contributed by atoms with van der Waals surface area (Å²) >= 11 is 0. The smallest absolute Gasteiger partial charge is 0.0364 e. The van der Waals surface area contributed by atoms with Gasteiger partial charge in [0.05, 0.1) is 0 Å². The van der Waals surface area contributed by atoms with Crippen molar-refractivity contribution in [1.29, 1.82) is 0 Å². The van der Waals surface area contributed by atoms with Gasteiger partial charge in [-0.2, -0.15) is 0 Å². The largest absolute Gasteiger partial charge is 0.366 e. The van der Waals surface area contributed by atoms with Gasteiger partial charge in [-0.1, -0.05) is 29.9 Å². The molecule has 0 amide bonds. The molecule has 2 aliphatic carbocycles. The summed E-state index contributed by atoms with van der Waals surface area (Å²) < 4.78 is 0. The van der Waals surface area contributed by atoms with E-state index in [9.17, 15) is 0 Å². The van der Waals surface area contributed by atoms with Crippen molar-refractivity contribution in [3.63, 3.8) is 0 Å². The van der Waals surface area contributed by atoms with E-state index < -0.39 is 0 Å². The molecule has 2 aliphatic rings. The number of hydrogen-bond acceptors (Lipinski definition) is 1. The lowest BCUT2D eigenvalue weighted by Crippen LogP contribution is -2.41. The van der Waals surface area contributed by atoms with Crippen LogP contribution in [-0.2, 0) is 0 Å². The molecule has 0 aromatic rings. The third-order valence-corrected chi connectivity index (χ3v) is 5.08. The lowest BCUT2D eigenvalue weighted by atomic mass is 9.85. The molecule has 1 fully saturated rings. The topological polar surface area (TPSA) is 3.24 Å². The van der Waals surface area contributed by atoms with Crippen LogP contribution in [0.5, 0.6) is 0 Å². The summed E-state index contributed by atoms with van der Waals surface area (Å²) in [5.41, 5.74) is 4.65. The van der Waals surface area contributed by atoms with Crippen molar-refractivity contribution in [1.82, 2.24) is 4.90 Å². The summed E-state index contributed by atoms with van der Waals surface area (Å²) in [5.74, 6) is 1.50. The van der Waals surface area contributed by atoms with Crippen LogP contribution in [0.3, 0.4) is 0 Å². The Hall–Kier alpha value is -0.980. The Morgan fingerprint density at radius 2 is 1.95 bits per heavy atom. The van der Waals surface area contributed by atoms with Crippen LogP contribution >= 0.6 is 0 Å². The van der Waals surface area contributed by atoms with Gasteiger partial charge in [-0.3, -0.25) is 0 Å². The van der Waals surface area contributed by atoms with Gasteiger partial charge < -0.3 is 4.90 Å². The quantitative estimate of drug-likeness (QED) is 0.586. The molecule has 0 heterocycles. The molecule has 0 aromatic carbocycles. The van der Waals surface area contributed by atoms with Crippen LogP contribution in [0, 0.1) is 11.8 Å². The summed E-state index contributed by atoms with van der Waals surface area (Å²) in [6.07, 6.45) is 11.4. The maximum atomic E-state index is 4.37. The third kappa shape index (κ3) is 4.49. The van der Waals surface area contributed by atoms with Crippen LogP contribution in [-0.4, -0.2) is 17.0 Å². The van der Waals surface area contributed by atoms with Crippen LogP contribution in [0.25, 0.3) is 0 Å². The molecule has 1 heteroatoms. The van der Waals surface area contributed by atoms with Crippen LogP contribution < -0.4 is 0 Å². The summed E-state index contributed by atoms with van der Waals surface area (Å²) in [4.78, 5) is 2.51. The normalized spacial score (nSPS) is 23.8. The standard InChI is InChI=1S/C20H33N/c1-15-7-9-18(10-8-15)16(2)13-14-21(20(4,5)6)17(3)19-11-12-19/h7,13,18-19H,3,8-12,14H2,1-2,4-6H3/b16-13+. The van der Waals surface area contributed by atoms with Gasteiger partial charge in [0.15, 0.2) is 0 Å². The van der Waals surface area contributed by atoms with E-state index in [1.54, 1.807) is 11.1 Å². The number of rotatable bonds is 5. The zero-order chi connectivity index (χ0) is 15.6. The minimum Gasteiger partial charge on any atom is -0.366 e. The highest BCUT2D eigenvalue weighted by atomic mass is 15.2. The van der Waals surface area contributed by atoms with Crippen molar-refractivity contribution in [3.8, 4) is 0 Å². The fourth-order valence-electron chi connectivity index (χ4n) is 3.24. The Kier molecular flexibility index (Phi) is 5.01. The molecular weight excluding hydrogens is 254 g/mol. The van der Waals surface area contributed by atoms with E-state index in [0.717, 1.165) is 18.4 Å². The molecule has 0 saturated heterocycles. The Balaban J connectivity index is 2.00. The molecule has 1 saturated carbocycles. The minimum absolute atomic E-state index is 0.166. The predicted octanol–water partition coefficient (Wildman–Crippen LogP) is 5.70. The minimum atomic E-state index is 0.166. The van der Waals surface area contributed by atoms with Crippen molar-refractivity contribution < 1.29 is 0 Å². The average molecular weight is 287 g/mol. The molecule has 1 nitrogen and oxygen atoms in total. The van der Waals surface area contributed by atoms with Gasteiger partial charge in [0, 0.05) is 17.8 Å². The van der Waals surface area contributed by atoms with Gasteiger partial charge in [-0.05, 0) is 78.6 Å². The van der Waals surface area contributed by atoms with Crippen LogP contribution in [0.2, 0.25) is 0 Å². The highest BCUT2D eigenvalue weighted by Gasteiger charge is 2.32. The predicted molar refractivity (Wildman–Crippen MR) is 93.2 cm³/mol. The molecule has 2 rings (SSSR count). The van der Waals surface area contributed by atoms with E-state index >= 15 is 0 Å². The van der Waals surface area contributed by atoms with Gasteiger partial charge in [-0.25, -0.2) is 0 Å². The summed E-state index contributed by atoms with van der Waals surface area (Å²) in [6, 6.07) is 0. The number of allylic oxidation sites excluding steroid dienone is 4. The first-order valence-corrected chi connectivity index (χ1v) is 8.57. The zero-order valence-electron chi connectivity index (χ0n) is 14.7. The lowest BCUT2D eigenvalue weighted by molar-refractivity contribution is 0.195. The second kappa shape index (κ2) is 6.42. The molecule has 0 aliphatic heterocycles. The summed E-state index contributed by atoms with van der Waals surface area (Å²) in [5, 5.41) is 0. The van der Waals surface area contributed by atoms with Crippen molar-refractivity contribution >= 4 is 0 Å². The maximum Gasteiger partial charge on any atom is 0.0364 e. The molecule has 0 N–H and O–H groups in total. The Bertz CT molecular complexity index is 443. The van der Waals surface area contributed by atoms with Crippen molar-refractivity contribution in [3.05, 3.63) is 35.6 Å². The second-order valence-electron chi connectivity index (χ2n) is 8.02. The van der Waals surface area contributed by atoms with E-state index in [1.165, 1.54) is 37.8 Å². The molecule has 0 aromatic heterocycles. The molecule has 0 radical (unpaired) electrons. The second-order valence-corrected chi connectivity index (χ2v) is 8.02. The highest BCUT2D eigenvalue weighted by Crippen LogP contribution is 2.39. The van der Waals surface area contributed by atoms with E-state index in [-0.39, 0.29) is 5.54 Å². The van der Waals surface area contributed by atoms with Gasteiger partial charge in [0.1, 0.15) is 0 Å². The lowest BCUT2D eigenvalue weighted by Gasteiger charge is -2.39. The Morgan fingerprint density at radius 3 is 2.43 bits per heavy atom. The summed E-state index contributed by atoms with van der Waals surface area (Å²) in [6.45, 7) is 16.9. The maximum absolute atomic E-state index is 4.37. The summed E-state index contributed by atoms with van der Waals surface area (Å²) in [7, 11) is 0. The average Bonchev–Trinajstić information content (AvgIpc) is 3.22. The van der Waals surface area contributed by atoms with E-state index in [2.05, 4.69) is 58.2 Å². The first kappa shape index (κ1) is 16.4. The molecule has 0 bridgehead atoms.